The van der Waals surface area contributed by atoms with E-state index in [1.165, 1.54) is 6.07 Å². The zero-order chi connectivity index (χ0) is 26.2. The van der Waals surface area contributed by atoms with E-state index in [4.69, 9.17) is 9.47 Å². The first-order valence-electron chi connectivity index (χ1n) is 12.8. The van der Waals surface area contributed by atoms with Gasteiger partial charge in [0, 0.05) is 41.6 Å². The molecule has 5 heterocycles. The second-order valence-corrected chi connectivity index (χ2v) is 10.7. The number of nitrogens with zero attached hydrogens (tertiary/aromatic N) is 2. The zero-order valence-corrected chi connectivity index (χ0v) is 20.4. The topological polar surface area (TPSA) is 97.4 Å². The number of nitrogens with one attached hydrogen (secondary N) is 1. The number of amides is 3. The van der Waals surface area contributed by atoms with E-state index in [2.05, 4.69) is 21.0 Å². The number of para-hydroxylation sites is 1. The minimum atomic E-state index is -3.65. The van der Waals surface area contributed by atoms with Crippen LogP contribution in [0.3, 0.4) is 0 Å². The van der Waals surface area contributed by atoms with Crippen molar-refractivity contribution in [1.29, 1.82) is 0 Å². The highest BCUT2D eigenvalue weighted by molar-refractivity contribution is 6.05. The molecule has 7 rings (SSSR count). The van der Waals surface area contributed by atoms with Crippen molar-refractivity contribution in [3.05, 3.63) is 52.6 Å². The van der Waals surface area contributed by atoms with E-state index >= 15 is 0 Å². The number of carbonyl (C=O) groups excluding carboxylic acids is 3. The van der Waals surface area contributed by atoms with Crippen LogP contribution < -0.4 is 19.5 Å². The lowest BCUT2D eigenvalue weighted by atomic mass is 9.74. The molecule has 2 fully saturated rings. The lowest BCUT2D eigenvalue weighted by molar-refractivity contribution is -0.287. The van der Waals surface area contributed by atoms with E-state index in [0.29, 0.717) is 43.0 Å². The highest BCUT2D eigenvalue weighted by atomic mass is 19.3. The molecule has 1 N–H and O–H groups in total. The Labute approximate surface area is 216 Å². The molecule has 38 heavy (non-hydrogen) atoms. The Kier molecular flexibility index (Phi) is 5.01. The molecule has 2 aromatic rings. The molecule has 5 aliphatic rings. The van der Waals surface area contributed by atoms with Crippen LogP contribution in [-0.2, 0) is 28.1 Å². The number of hydrogen-bond acceptors (Lipinski definition) is 7. The fourth-order valence-corrected chi connectivity index (χ4v) is 6.37. The summed E-state index contributed by atoms with van der Waals surface area (Å²) >= 11 is 0. The molecule has 0 radical (unpaired) electrons. The fourth-order valence-electron chi connectivity index (χ4n) is 6.37. The number of alkyl halides is 2. The largest absolute Gasteiger partial charge is 0.586 e. The van der Waals surface area contributed by atoms with Crippen LogP contribution in [-0.4, -0.2) is 59.6 Å². The summed E-state index contributed by atoms with van der Waals surface area (Å²) < 4.78 is 42.6. The third-order valence-electron chi connectivity index (χ3n) is 8.42. The summed E-state index contributed by atoms with van der Waals surface area (Å²) in [5, 5.41) is 2.33. The Hall–Kier alpha value is -3.73. The van der Waals surface area contributed by atoms with Gasteiger partial charge in [-0.1, -0.05) is 12.1 Å². The van der Waals surface area contributed by atoms with Crippen LogP contribution >= 0.6 is 0 Å². The highest BCUT2D eigenvalue weighted by Gasteiger charge is 2.47. The van der Waals surface area contributed by atoms with Gasteiger partial charge >= 0.3 is 6.29 Å². The molecule has 0 aliphatic carbocycles. The Morgan fingerprint density at radius 3 is 2.66 bits per heavy atom. The molecule has 2 saturated heterocycles. The monoisotopic (exact) mass is 525 g/mol. The van der Waals surface area contributed by atoms with Crippen LogP contribution in [0, 0.1) is 0 Å². The van der Waals surface area contributed by atoms with Gasteiger partial charge in [0.25, 0.3) is 5.91 Å². The Morgan fingerprint density at radius 1 is 1.05 bits per heavy atom. The quantitative estimate of drug-likeness (QED) is 0.616. The molecule has 2 aromatic carbocycles. The summed E-state index contributed by atoms with van der Waals surface area (Å²) in [6, 6.07) is 8.12. The molecule has 3 amide bonds. The third-order valence-corrected chi connectivity index (χ3v) is 8.42. The number of rotatable bonds is 3. The maximum Gasteiger partial charge on any atom is 0.586 e. The lowest BCUT2D eigenvalue weighted by Crippen LogP contribution is -2.52. The van der Waals surface area contributed by atoms with E-state index < -0.39 is 18.2 Å². The van der Waals surface area contributed by atoms with Gasteiger partial charge in [-0.25, -0.2) is 0 Å². The normalized spacial score (nSPS) is 24.8. The van der Waals surface area contributed by atoms with Crippen molar-refractivity contribution in [2.75, 3.05) is 19.7 Å². The molecule has 198 valence electrons. The molecular weight excluding hydrogens is 500 g/mol. The molecule has 1 atom stereocenters. The summed E-state index contributed by atoms with van der Waals surface area (Å²) in [5.74, 6) is -0.124. The van der Waals surface area contributed by atoms with Gasteiger partial charge in [0.1, 0.15) is 11.8 Å². The number of likely N-dealkylation sites (tertiary alicyclic amines) is 1. The van der Waals surface area contributed by atoms with Crippen molar-refractivity contribution < 1.29 is 37.4 Å². The van der Waals surface area contributed by atoms with Gasteiger partial charge in [-0.2, -0.15) is 0 Å². The van der Waals surface area contributed by atoms with Crippen molar-refractivity contribution >= 4 is 17.7 Å². The minimum Gasteiger partial charge on any atom is -0.492 e. The van der Waals surface area contributed by atoms with Gasteiger partial charge in [0.05, 0.1) is 6.61 Å². The Balaban J connectivity index is 1.07. The van der Waals surface area contributed by atoms with E-state index in [0.717, 1.165) is 37.1 Å². The van der Waals surface area contributed by atoms with E-state index in [1.54, 1.807) is 23.1 Å². The SMILES string of the molecule is O=C1CCC(N2Cc3cc4c(cc3C2=O)OCC42CCN(Cc3cccc4c3OC(F)(F)O4)CC2)C(=O)N1. The number of piperidine rings is 2. The van der Waals surface area contributed by atoms with Crippen LogP contribution in [0.2, 0.25) is 0 Å². The molecule has 1 unspecified atom stereocenters. The molecule has 0 saturated carbocycles. The minimum absolute atomic E-state index is 0.0499. The summed E-state index contributed by atoms with van der Waals surface area (Å²) in [5.41, 5.74) is 2.94. The van der Waals surface area contributed by atoms with Crippen molar-refractivity contribution in [3.63, 3.8) is 0 Å². The molecule has 5 aliphatic heterocycles. The van der Waals surface area contributed by atoms with E-state index in [1.807, 2.05) is 0 Å². The number of ether oxygens (including phenoxy) is 3. The van der Waals surface area contributed by atoms with Crippen molar-refractivity contribution in [2.45, 2.75) is 56.5 Å². The number of halogens is 2. The molecule has 11 heteroatoms. The average Bonchev–Trinajstić information content (AvgIpc) is 3.50. The molecule has 9 nitrogen and oxygen atoms in total. The first-order valence-corrected chi connectivity index (χ1v) is 12.8. The Morgan fingerprint density at radius 2 is 1.87 bits per heavy atom. The Bertz CT molecular complexity index is 1390. The van der Waals surface area contributed by atoms with Crippen LogP contribution in [0.4, 0.5) is 8.78 Å². The first kappa shape index (κ1) is 23.4. The van der Waals surface area contributed by atoms with Crippen molar-refractivity contribution in [3.8, 4) is 17.2 Å². The number of carbonyl (C=O) groups is 3. The van der Waals surface area contributed by atoms with Crippen LogP contribution in [0.1, 0.15) is 52.7 Å². The van der Waals surface area contributed by atoms with Gasteiger partial charge in [-0.15, -0.1) is 8.78 Å². The van der Waals surface area contributed by atoms with Crippen molar-refractivity contribution in [1.82, 2.24) is 15.1 Å². The molecule has 0 bridgehead atoms. The predicted octanol–water partition coefficient (Wildman–Crippen LogP) is 2.70. The lowest BCUT2D eigenvalue weighted by Gasteiger charge is -2.38. The third kappa shape index (κ3) is 3.63. The van der Waals surface area contributed by atoms with Crippen LogP contribution in [0.15, 0.2) is 30.3 Å². The highest BCUT2D eigenvalue weighted by Crippen LogP contribution is 2.49. The predicted molar refractivity (Wildman–Crippen MR) is 127 cm³/mol. The maximum atomic E-state index is 13.6. The molecule has 1 spiro atoms. The maximum absolute atomic E-state index is 13.6. The number of hydrogen-bond donors (Lipinski definition) is 1. The summed E-state index contributed by atoms with van der Waals surface area (Å²) in [7, 11) is 0. The summed E-state index contributed by atoms with van der Waals surface area (Å²) in [6.45, 7) is 2.78. The second kappa shape index (κ2) is 8.13. The first-order chi connectivity index (χ1) is 18.2. The van der Waals surface area contributed by atoms with Crippen molar-refractivity contribution in [2.24, 2.45) is 0 Å². The molecular formula is C27H25F2N3O6. The number of fused-ring (bicyclic) bond motifs is 4. The summed E-state index contributed by atoms with van der Waals surface area (Å²) in [4.78, 5) is 40.8. The molecule has 0 aromatic heterocycles. The summed E-state index contributed by atoms with van der Waals surface area (Å²) in [6.07, 6.45) is -1.49. The second-order valence-electron chi connectivity index (χ2n) is 10.7. The van der Waals surface area contributed by atoms with Crippen LogP contribution in [0.5, 0.6) is 17.2 Å². The van der Waals surface area contributed by atoms with Gasteiger partial charge in [0.2, 0.25) is 11.8 Å². The van der Waals surface area contributed by atoms with Gasteiger partial charge in [-0.05, 0) is 56.1 Å². The number of imide groups is 1. The number of benzene rings is 2. The smallest absolute Gasteiger partial charge is 0.492 e. The van der Waals surface area contributed by atoms with E-state index in [-0.39, 0.29) is 35.1 Å². The van der Waals surface area contributed by atoms with Gasteiger partial charge in [-0.3, -0.25) is 24.6 Å². The zero-order valence-electron chi connectivity index (χ0n) is 20.4. The van der Waals surface area contributed by atoms with E-state index in [9.17, 15) is 23.2 Å². The fraction of sp³-hybridized carbons (Fsp3) is 0.444. The standard InChI is InChI=1S/C27H25F2N3O6/c28-27(29)37-20-3-1-2-15(23(20)38-27)12-31-8-6-26(7-9-31)14-36-21-11-17-16(10-18(21)26)13-32(25(17)35)19-4-5-22(33)30-24(19)34/h1-3,10-11,19H,4-9,12-14H2,(H,30,33,34). The van der Waals surface area contributed by atoms with Crippen LogP contribution in [0.25, 0.3) is 0 Å². The average molecular weight is 526 g/mol. The van der Waals surface area contributed by atoms with Gasteiger partial charge in [0.15, 0.2) is 11.5 Å². The van der Waals surface area contributed by atoms with Gasteiger partial charge < -0.3 is 19.1 Å².